The van der Waals surface area contributed by atoms with Gasteiger partial charge in [0.1, 0.15) is 0 Å². The van der Waals surface area contributed by atoms with Gasteiger partial charge in [-0.05, 0) is 30.5 Å². The fraction of sp³-hybridized carbons (Fsp3) is 0.500. The number of halogens is 1. The van der Waals surface area contributed by atoms with E-state index in [1.807, 2.05) is 12.1 Å². The summed E-state index contributed by atoms with van der Waals surface area (Å²) >= 11 is 3.49. The number of nitrogens with two attached hydrogens (primary N) is 1. The summed E-state index contributed by atoms with van der Waals surface area (Å²) in [6.07, 6.45) is 4.95. The van der Waals surface area contributed by atoms with Crippen LogP contribution in [0.4, 0.5) is 0 Å². The van der Waals surface area contributed by atoms with Crippen LogP contribution < -0.4 is 5.73 Å². The lowest BCUT2D eigenvalue weighted by Crippen LogP contribution is -2.39. The van der Waals surface area contributed by atoms with Gasteiger partial charge in [-0.1, -0.05) is 46.1 Å². The van der Waals surface area contributed by atoms with Crippen molar-refractivity contribution in [3.8, 4) is 0 Å². The third-order valence-electron chi connectivity index (χ3n) is 3.61. The van der Waals surface area contributed by atoms with Crippen LogP contribution >= 0.6 is 15.9 Å². The fourth-order valence-corrected chi connectivity index (χ4v) is 3.14. The van der Waals surface area contributed by atoms with Gasteiger partial charge in [0.05, 0.1) is 6.54 Å². The average molecular weight is 326 g/mol. The zero-order valence-corrected chi connectivity index (χ0v) is 12.5. The lowest BCUT2D eigenvalue weighted by atomic mass is 10.1. The van der Waals surface area contributed by atoms with Gasteiger partial charge >= 0.3 is 0 Å². The third kappa shape index (κ3) is 4.21. The van der Waals surface area contributed by atoms with E-state index in [0.29, 0.717) is 12.6 Å². The van der Waals surface area contributed by atoms with Crippen molar-refractivity contribution in [2.24, 2.45) is 10.9 Å². The summed E-state index contributed by atoms with van der Waals surface area (Å²) in [6.45, 7) is 1.36. The van der Waals surface area contributed by atoms with Gasteiger partial charge in [0, 0.05) is 17.1 Å². The molecule has 1 aliphatic carbocycles. The third-order valence-corrected chi connectivity index (χ3v) is 4.10. The van der Waals surface area contributed by atoms with E-state index in [0.717, 1.165) is 11.0 Å². The lowest BCUT2D eigenvalue weighted by molar-refractivity contribution is 0.214. The molecule has 0 spiro atoms. The molecule has 0 bridgehead atoms. The van der Waals surface area contributed by atoms with Crippen molar-refractivity contribution in [2.45, 2.75) is 38.3 Å². The zero-order chi connectivity index (χ0) is 13.7. The van der Waals surface area contributed by atoms with Gasteiger partial charge < -0.3 is 10.9 Å². The van der Waals surface area contributed by atoms with Gasteiger partial charge in [-0.15, -0.1) is 0 Å². The van der Waals surface area contributed by atoms with Gasteiger partial charge in [0.25, 0.3) is 0 Å². The van der Waals surface area contributed by atoms with Crippen LogP contribution in [0, 0.1) is 0 Å². The maximum Gasteiger partial charge on any atom is 0.153 e. The van der Waals surface area contributed by atoms with Crippen LogP contribution in [-0.2, 0) is 6.54 Å². The van der Waals surface area contributed by atoms with Gasteiger partial charge in [-0.3, -0.25) is 4.90 Å². The number of hydrogen-bond donors (Lipinski definition) is 2. The molecule has 0 unspecified atom stereocenters. The predicted molar refractivity (Wildman–Crippen MR) is 80.2 cm³/mol. The highest BCUT2D eigenvalue weighted by Gasteiger charge is 2.23. The highest BCUT2D eigenvalue weighted by atomic mass is 79.9. The van der Waals surface area contributed by atoms with Crippen molar-refractivity contribution in [1.82, 2.24) is 4.90 Å². The minimum atomic E-state index is 0.280. The van der Waals surface area contributed by atoms with E-state index in [-0.39, 0.29) is 5.84 Å². The Balaban J connectivity index is 2.08. The first kappa shape index (κ1) is 14.3. The normalized spacial score (nSPS) is 17.3. The summed E-state index contributed by atoms with van der Waals surface area (Å²) in [5, 5.41) is 11.9. The van der Waals surface area contributed by atoms with E-state index in [1.54, 1.807) is 0 Å². The standard InChI is InChI=1S/C14H20BrN3O/c15-12-5-3-4-11(8-12)9-18(10-14(16)17-19)13-6-1-2-7-13/h3-5,8,13,19H,1-2,6-7,9-10H2,(H2,16,17). The summed E-state index contributed by atoms with van der Waals surface area (Å²) in [5.41, 5.74) is 6.92. The van der Waals surface area contributed by atoms with Crippen LogP contribution in [0.15, 0.2) is 33.9 Å². The second-order valence-electron chi connectivity index (χ2n) is 5.06. The topological polar surface area (TPSA) is 61.8 Å². The second-order valence-corrected chi connectivity index (χ2v) is 5.98. The predicted octanol–water partition coefficient (Wildman–Crippen LogP) is 2.94. The van der Waals surface area contributed by atoms with Crippen LogP contribution in [-0.4, -0.2) is 28.5 Å². The number of rotatable bonds is 5. The monoisotopic (exact) mass is 325 g/mol. The first-order chi connectivity index (χ1) is 9.19. The minimum Gasteiger partial charge on any atom is -0.409 e. The van der Waals surface area contributed by atoms with Crippen LogP contribution in [0.5, 0.6) is 0 Å². The van der Waals surface area contributed by atoms with E-state index in [2.05, 4.69) is 38.1 Å². The molecule has 4 nitrogen and oxygen atoms in total. The Kier molecular flexibility index (Phi) is 5.22. The van der Waals surface area contributed by atoms with E-state index in [4.69, 9.17) is 10.9 Å². The van der Waals surface area contributed by atoms with Crippen molar-refractivity contribution in [3.63, 3.8) is 0 Å². The molecule has 0 saturated heterocycles. The van der Waals surface area contributed by atoms with Crippen LogP contribution in [0.3, 0.4) is 0 Å². The Morgan fingerprint density at radius 3 is 2.79 bits per heavy atom. The SMILES string of the molecule is NC(CN(Cc1cccc(Br)c1)C1CCCC1)=NO. The number of nitrogens with zero attached hydrogens (tertiary/aromatic N) is 2. The molecule has 1 aromatic rings. The van der Waals surface area contributed by atoms with E-state index in [9.17, 15) is 0 Å². The molecule has 0 radical (unpaired) electrons. The molecule has 5 heteroatoms. The highest BCUT2D eigenvalue weighted by molar-refractivity contribution is 9.10. The minimum absolute atomic E-state index is 0.280. The smallest absolute Gasteiger partial charge is 0.153 e. The molecule has 0 amide bonds. The Morgan fingerprint density at radius 2 is 2.16 bits per heavy atom. The molecule has 0 heterocycles. The summed E-state index contributed by atoms with van der Waals surface area (Å²) in [7, 11) is 0. The average Bonchev–Trinajstić information content (AvgIpc) is 2.91. The maximum atomic E-state index is 8.77. The van der Waals surface area contributed by atoms with Crippen molar-refractivity contribution < 1.29 is 5.21 Å². The van der Waals surface area contributed by atoms with Crippen molar-refractivity contribution in [2.75, 3.05) is 6.54 Å². The van der Waals surface area contributed by atoms with Crippen molar-refractivity contribution >= 4 is 21.8 Å². The largest absolute Gasteiger partial charge is 0.409 e. The van der Waals surface area contributed by atoms with Gasteiger partial charge in [0.2, 0.25) is 0 Å². The summed E-state index contributed by atoms with van der Waals surface area (Å²) in [4.78, 5) is 2.31. The number of oxime groups is 1. The molecule has 1 fully saturated rings. The maximum absolute atomic E-state index is 8.77. The molecule has 0 atom stereocenters. The van der Waals surface area contributed by atoms with E-state index in [1.165, 1.54) is 31.2 Å². The molecule has 3 N–H and O–H groups in total. The first-order valence-corrected chi connectivity index (χ1v) is 7.43. The fourth-order valence-electron chi connectivity index (χ4n) is 2.69. The van der Waals surface area contributed by atoms with Crippen LogP contribution in [0.2, 0.25) is 0 Å². The molecule has 104 valence electrons. The molecule has 0 aliphatic heterocycles. The summed E-state index contributed by atoms with van der Waals surface area (Å²) in [5.74, 6) is 0.280. The lowest BCUT2D eigenvalue weighted by Gasteiger charge is -2.28. The van der Waals surface area contributed by atoms with Crippen molar-refractivity contribution in [3.05, 3.63) is 34.3 Å². The Hall–Kier alpha value is -1.07. The molecule has 19 heavy (non-hydrogen) atoms. The Labute approximate surface area is 122 Å². The first-order valence-electron chi connectivity index (χ1n) is 6.64. The number of benzene rings is 1. The molecule has 1 aromatic carbocycles. The molecule has 1 saturated carbocycles. The number of hydrogen-bond acceptors (Lipinski definition) is 3. The molecule has 2 rings (SSSR count). The van der Waals surface area contributed by atoms with Crippen LogP contribution in [0.1, 0.15) is 31.2 Å². The van der Waals surface area contributed by atoms with Gasteiger partial charge in [-0.25, -0.2) is 0 Å². The van der Waals surface area contributed by atoms with Gasteiger partial charge in [-0.2, -0.15) is 0 Å². The molecule has 0 aromatic heterocycles. The van der Waals surface area contributed by atoms with E-state index >= 15 is 0 Å². The Morgan fingerprint density at radius 1 is 1.42 bits per heavy atom. The summed E-state index contributed by atoms with van der Waals surface area (Å²) in [6, 6.07) is 8.83. The number of amidine groups is 1. The van der Waals surface area contributed by atoms with Crippen molar-refractivity contribution in [1.29, 1.82) is 0 Å². The highest BCUT2D eigenvalue weighted by Crippen LogP contribution is 2.25. The van der Waals surface area contributed by atoms with Crippen LogP contribution in [0.25, 0.3) is 0 Å². The molecule has 1 aliphatic rings. The quantitative estimate of drug-likeness (QED) is 0.378. The molecular formula is C14H20BrN3O. The zero-order valence-electron chi connectivity index (χ0n) is 10.9. The summed E-state index contributed by atoms with van der Waals surface area (Å²) < 4.78 is 1.08. The molecular weight excluding hydrogens is 306 g/mol. The Bertz CT molecular complexity index is 444. The van der Waals surface area contributed by atoms with E-state index < -0.39 is 0 Å². The second kappa shape index (κ2) is 6.91. The van der Waals surface area contributed by atoms with Gasteiger partial charge in [0.15, 0.2) is 5.84 Å².